The standard InChI is InChI=1S/C6H4N2O2/c1-2-4-3-7-6(10)8-5(4)9/h1,3-4H,(H,8,9,10). The van der Waals surface area contributed by atoms with Gasteiger partial charge in [0.25, 0.3) is 0 Å². The van der Waals surface area contributed by atoms with Crippen LogP contribution in [0.2, 0.25) is 0 Å². The van der Waals surface area contributed by atoms with Crippen LogP contribution in [0.4, 0.5) is 4.79 Å². The zero-order valence-electron chi connectivity index (χ0n) is 5.00. The predicted octanol–water partition coefficient (Wildman–Crippen LogP) is -0.444. The molecule has 1 aliphatic heterocycles. The van der Waals surface area contributed by atoms with Crippen molar-refractivity contribution in [3.8, 4) is 12.3 Å². The zero-order valence-corrected chi connectivity index (χ0v) is 5.00. The minimum atomic E-state index is -0.697. The summed E-state index contributed by atoms with van der Waals surface area (Å²) in [5.74, 6) is 0.980. The monoisotopic (exact) mass is 136 g/mol. The molecule has 0 aromatic heterocycles. The molecule has 0 aromatic rings. The highest BCUT2D eigenvalue weighted by molar-refractivity contribution is 6.10. The molecule has 50 valence electrons. The average Bonchev–Trinajstić information content (AvgIpc) is 1.88. The molecule has 4 heteroatoms. The molecule has 0 aromatic carbocycles. The molecular formula is C6H4N2O2. The molecule has 1 N–H and O–H groups in total. The van der Waals surface area contributed by atoms with Crippen LogP contribution in [0, 0.1) is 18.3 Å². The maximum Gasteiger partial charge on any atom is 0.347 e. The number of urea groups is 1. The van der Waals surface area contributed by atoms with E-state index in [0.717, 1.165) is 6.21 Å². The Hall–Kier alpha value is -1.63. The largest absolute Gasteiger partial charge is 0.347 e. The summed E-state index contributed by atoms with van der Waals surface area (Å²) in [6, 6.07) is -0.656. The van der Waals surface area contributed by atoms with Gasteiger partial charge in [-0.25, -0.2) is 9.79 Å². The molecule has 0 spiro atoms. The lowest BCUT2D eigenvalue weighted by Crippen LogP contribution is -2.38. The van der Waals surface area contributed by atoms with E-state index in [1.54, 1.807) is 0 Å². The van der Waals surface area contributed by atoms with Gasteiger partial charge in [0.2, 0.25) is 5.91 Å². The molecule has 0 aliphatic carbocycles. The number of amides is 3. The van der Waals surface area contributed by atoms with Crippen molar-refractivity contribution in [2.24, 2.45) is 10.9 Å². The van der Waals surface area contributed by atoms with E-state index in [4.69, 9.17) is 6.42 Å². The van der Waals surface area contributed by atoms with Gasteiger partial charge in [0.05, 0.1) is 0 Å². The topological polar surface area (TPSA) is 58.5 Å². The fourth-order valence-corrected chi connectivity index (χ4v) is 0.544. The zero-order chi connectivity index (χ0) is 7.56. The first-order valence-electron chi connectivity index (χ1n) is 2.59. The van der Waals surface area contributed by atoms with Gasteiger partial charge in [-0.3, -0.25) is 10.1 Å². The molecule has 10 heavy (non-hydrogen) atoms. The quantitative estimate of drug-likeness (QED) is 0.459. The lowest BCUT2D eigenvalue weighted by molar-refractivity contribution is -0.120. The molecule has 1 aliphatic rings. The highest BCUT2D eigenvalue weighted by Crippen LogP contribution is 1.95. The van der Waals surface area contributed by atoms with Crippen LogP contribution >= 0.6 is 0 Å². The Morgan fingerprint density at radius 2 is 2.40 bits per heavy atom. The molecule has 0 saturated carbocycles. The van der Waals surface area contributed by atoms with Gasteiger partial charge in [0.1, 0.15) is 5.92 Å². The molecule has 1 atom stereocenters. The Labute approximate surface area is 57.3 Å². The molecule has 1 heterocycles. The van der Waals surface area contributed by atoms with Gasteiger partial charge in [-0.1, -0.05) is 5.92 Å². The van der Waals surface area contributed by atoms with Crippen molar-refractivity contribution in [2.45, 2.75) is 0 Å². The van der Waals surface area contributed by atoms with Crippen molar-refractivity contribution in [1.29, 1.82) is 0 Å². The van der Waals surface area contributed by atoms with Crippen LogP contribution in [0.1, 0.15) is 0 Å². The maximum atomic E-state index is 10.7. The first kappa shape index (κ1) is 6.49. The second kappa shape index (κ2) is 2.31. The number of rotatable bonds is 0. The first-order valence-corrected chi connectivity index (χ1v) is 2.59. The van der Waals surface area contributed by atoms with Crippen molar-refractivity contribution in [2.75, 3.05) is 0 Å². The number of carbonyl (C=O) groups excluding carboxylic acids is 2. The Kier molecular flexibility index (Phi) is 1.50. The summed E-state index contributed by atoms with van der Waals surface area (Å²) in [6.45, 7) is 0. The van der Waals surface area contributed by atoms with Crippen molar-refractivity contribution in [3.05, 3.63) is 0 Å². The number of hydrogen-bond donors (Lipinski definition) is 1. The highest BCUT2D eigenvalue weighted by Gasteiger charge is 2.19. The van der Waals surface area contributed by atoms with Crippen LogP contribution in [0.3, 0.4) is 0 Å². The minimum absolute atomic E-state index is 0.484. The number of terminal acetylenes is 1. The molecule has 1 rings (SSSR count). The van der Waals surface area contributed by atoms with Gasteiger partial charge in [0.15, 0.2) is 0 Å². The second-order valence-corrected chi connectivity index (χ2v) is 1.72. The van der Waals surface area contributed by atoms with Crippen LogP contribution in [0.5, 0.6) is 0 Å². The number of nitrogens with zero attached hydrogens (tertiary/aromatic N) is 1. The van der Waals surface area contributed by atoms with E-state index >= 15 is 0 Å². The van der Waals surface area contributed by atoms with Crippen molar-refractivity contribution >= 4 is 18.2 Å². The Bertz CT molecular complexity index is 249. The van der Waals surface area contributed by atoms with Gasteiger partial charge in [-0.15, -0.1) is 6.42 Å². The third-order valence-corrected chi connectivity index (χ3v) is 1.03. The molecule has 0 bridgehead atoms. The Balaban J connectivity index is 2.84. The Morgan fingerprint density at radius 3 is 2.90 bits per heavy atom. The fraction of sp³-hybridized carbons (Fsp3) is 0.167. The number of hydrogen-bond acceptors (Lipinski definition) is 2. The molecule has 0 radical (unpaired) electrons. The minimum Gasteiger partial charge on any atom is -0.275 e. The fourth-order valence-electron chi connectivity index (χ4n) is 0.544. The number of aliphatic imine (C=N–C) groups is 1. The molecule has 0 fully saturated rings. The van der Waals surface area contributed by atoms with Crippen LogP contribution in [-0.4, -0.2) is 18.2 Å². The average molecular weight is 136 g/mol. The van der Waals surface area contributed by atoms with Crippen molar-refractivity contribution < 1.29 is 9.59 Å². The molecule has 3 amide bonds. The first-order chi connectivity index (χ1) is 4.74. The highest BCUT2D eigenvalue weighted by atomic mass is 16.2. The normalized spacial score (nSPS) is 23.7. The van der Waals surface area contributed by atoms with Crippen molar-refractivity contribution in [3.63, 3.8) is 0 Å². The summed E-state index contributed by atoms with van der Waals surface area (Å²) in [5, 5.41) is 1.96. The van der Waals surface area contributed by atoms with Crippen LogP contribution < -0.4 is 5.32 Å². The molecule has 0 saturated heterocycles. The van der Waals surface area contributed by atoms with Gasteiger partial charge >= 0.3 is 6.03 Å². The number of imide groups is 1. The smallest absolute Gasteiger partial charge is 0.275 e. The van der Waals surface area contributed by atoms with Gasteiger partial charge < -0.3 is 0 Å². The Morgan fingerprint density at radius 1 is 1.70 bits per heavy atom. The van der Waals surface area contributed by atoms with Gasteiger partial charge in [0, 0.05) is 6.21 Å². The van der Waals surface area contributed by atoms with E-state index in [2.05, 4.69) is 10.9 Å². The van der Waals surface area contributed by atoms with Gasteiger partial charge in [-0.05, 0) is 0 Å². The van der Waals surface area contributed by atoms with E-state index in [-0.39, 0.29) is 0 Å². The third-order valence-electron chi connectivity index (χ3n) is 1.03. The van der Waals surface area contributed by atoms with Crippen molar-refractivity contribution in [1.82, 2.24) is 5.32 Å². The van der Waals surface area contributed by atoms with E-state index in [1.807, 2.05) is 5.32 Å². The van der Waals surface area contributed by atoms with E-state index < -0.39 is 17.9 Å². The lowest BCUT2D eigenvalue weighted by atomic mass is 10.1. The SMILES string of the molecule is C#CC1C=NC(=O)NC1=O. The predicted molar refractivity (Wildman–Crippen MR) is 34.4 cm³/mol. The van der Waals surface area contributed by atoms with Crippen LogP contribution in [-0.2, 0) is 4.79 Å². The third kappa shape index (κ3) is 1.03. The summed E-state index contributed by atoms with van der Waals surface area (Å²) in [4.78, 5) is 24.3. The summed E-state index contributed by atoms with van der Waals surface area (Å²) >= 11 is 0. The number of nitrogens with one attached hydrogen (secondary N) is 1. The van der Waals surface area contributed by atoms with Crippen LogP contribution in [0.25, 0.3) is 0 Å². The van der Waals surface area contributed by atoms with Gasteiger partial charge in [-0.2, -0.15) is 0 Å². The summed E-state index contributed by atoms with van der Waals surface area (Å²) < 4.78 is 0. The van der Waals surface area contributed by atoms with E-state index in [0.29, 0.717) is 0 Å². The summed E-state index contributed by atoms with van der Waals surface area (Å²) in [7, 11) is 0. The summed E-state index contributed by atoms with van der Waals surface area (Å²) in [6.07, 6.45) is 6.08. The van der Waals surface area contributed by atoms with E-state index in [1.165, 1.54) is 0 Å². The molecule has 4 nitrogen and oxygen atoms in total. The number of carbonyl (C=O) groups is 2. The summed E-state index contributed by atoms with van der Waals surface area (Å²) in [5.41, 5.74) is 0. The van der Waals surface area contributed by atoms with E-state index in [9.17, 15) is 9.59 Å². The molecular weight excluding hydrogens is 132 g/mol. The molecule has 1 unspecified atom stereocenters. The maximum absolute atomic E-state index is 10.7. The second-order valence-electron chi connectivity index (χ2n) is 1.72. The lowest BCUT2D eigenvalue weighted by Gasteiger charge is -2.07. The van der Waals surface area contributed by atoms with Crippen LogP contribution in [0.15, 0.2) is 4.99 Å².